The van der Waals surface area contributed by atoms with Gasteiger partial charge >= 0.3 is 6.09 Å². The van der Waals surface area contributed by atoms with Crippen molar-refractivity contribution in [2.75, 3.05) is 7.11 Å². The molecule has 0 aliphatic heterocycles. The lowest BCUT2D eigenvalue weighted by Gasteiger charge is -2.24. The van der Waals surface area contributed by atoms with Gasteiger partial charge in [0.05, 0.1) is 13.2 Å². The third-order valence-corrected chi connectivity index (χ3v) is 2.96. The first-order chi connectivity index (χ1) is 7.26. The van der Waals surface area contributed by atoms with Gasteiger partial charge in [-0.25, -0.2) is 4.79 Å². The molecular weight excluding hydrogens is 194 g/mol. The molecule has 1 fully saturated rings. The zero-order valence-corrected chi connectivity index (χ0v) is 9.20. The van der Waals surface area contributed by atoms with Crippen LogP contribution in [0.3, 0.4) is 0 Å². The number of hydrogen-bond acceptors (Lipinski definition) is 3. The zero-order valence-electron chi connectivity index (χ0n) is 9.20. The number of carbonyl (C=O) groups excluding carboxylic acids is 2. The summed E-state index contributed by atoms with van der Waals surface area (Å²) in [4.78, 5) is 21.7. The second kappa shape index (κ2) is 6.43. The van der Waals surface area contributed by atoms with Gasteiger partial charge in [0.1, 0.15) is 6.29 Å². The predicted octanol–water partition coefficient (Wildman–Crippen LogP) is 1.88. The van der Waals surface area contributed by atoms with Crippen LogP contribution in [0.2, 0.25) is 0 Å². The van der Waals surface area contributed by atoms with Crippen molar-refractivity contribution in [3.8, 4) is 0 Å². The summed E-state index contributed by atoms with van der Waals surface area (Å²) in [5.74, 6) is 0.575. The lowest BCUT2D eigenvalue weighted by molar-refractivity contribution is -0.109. The van der Waals surface area contributed by atoms with Crippen LogP contribution in [0.1, 0.15) is 38.5 Å². The van der Waals surface area contributed by atoms with Crippen LogP contribution in [0, 0.1) is 5.92 Å². The fourth-order valence-corrected chi connectivity index (χ4v) is 2.14. The monoisotopic (exact) mass is 213 g/mol. The minimum Gasteiger partial charge on any atom is -0.453 e. The van der Waals surface area contributed by atoms with E-state index < -0.39 is 6.09 Å². The number of rotatable bonds is 4. The van der Waals surface area contributed by atoms with Crippen LogP contribution in [0.25, 0.3) is 0 Å². The van der Waals surface area contributed by atoms with Crippen molar-refractivity contribution in [2.24, 2.45) is 5.92 Å². The van der Waals surface area contributed by atoms with Crippen LogP contribution in [0.4, 0.5) is 4.79 Å². The SMILES string of the molecule is COC(=O)N[C@H](C=O)CC1CCCCC1. The van der Waals surface area contributed by atoms with E-state index in [1.807, 2.05) is 0 Å². The maximum Gasteiger partial charge on any atom is 0.407 e. The molecule has 1 aliphatic carbocycles. The molecule has 1 saturated carbocycles. The number of alkyl carbamates (subject to hydrolysis) is 1. The Morgan fingerprint density at radius 2 is 2.13 bits per heavy atom. The van der Waals surface area contributed by atoms with Gasteiger partial charge in [-0.15, -0.1) is 0 Å². The van der Waals surface area contributed by atoms with E-state index in [1.165, 1.54) is 39.2 Å². The Kier molecular flexibility index (Phi) is 5.15. The van der Waals surface area contributed by atoms with E-state index in [4.69, 9.17) is 0 Å². The molecule has 0 radical (unpaired) electrons. The average Bonchev–Trinajstić information content (AvgIpc) is 2.29. The molecule has 4 nitrogen and oxygen atoms in total. The number of carbonyl (C=O) groups is 2. The first kappa shape index (κ1) is 12.0. The van der Waals surface area contributed by atoms with Crippen LogP contribution in [-0.4, -0.2) is 25.5 Å². The Labute approximate surface area is 90.4 Å². The van der Waals surface area contributed by atoms with Gasteiger partial charge in [0.25, 0.3) is 0 Å². The van der Waals surface area contributed by atoms with Gasteiger partial charge in [-0.3, -0.25) is 0 Å². The highest BCUT2D eigenvalue weighted by Gasteiger charge is 2.19. The lowest BCUT2D eigenvalue weighted by Crippen LogP contribution is -2.37. The summed E-state index contributed by atoms with van der Waals surface area (Å²) in [5, 5.41) is 2.53. The summed E-state index contributed by atoms with van der Waals surface area (Å²) in [5.41, 5.74) is 0. The molecule has 15 heavy (non-hydrogen) atoms. The molecule has 1 aliphatic rings. The Balaban J connectivity index is 2.31. The first-order valence-corrected chi connectivity index (χ1v) is 5.56. The quantitative estimate of drug-likeness (QED) is 0.725. The summed E-state index contributed by atoms with van der Waals surface area (Å²) in [7, 11) is 1.30. The molecule has 86 valence electrons. The largest absolute Gasteiger partial charge is 0.453 e. The fourth-order valence-electron chi connectivity index (χ4n) is 2.14. The second-order valence-corrected chi connectivity index (χ2v) is 4.12. The average molecular weight is 213 g/mol. The molecule has 0 unspecified atom stereocenters. The van der Waals surface area contributed by atoms with Gasteiger partial charge in [-0.05, 0) is 12.3 Å². The molecule has 0 aromatic carbocycles. The van der Waals surface area contributed by atoms with E-state index in [0.29, 0.717) is 5.92 Å². The molecule has 0 spiro atoms. The van der Waals surface area contributed by atoms with Gasteiger partial charge in [0.2, 0.25) is 0 Å². The molecule has 1 N–H and O–H groups in total. The third kappa shape index (κ3) is 4.32. The number of aldehydes is 1. The van der Waals surface area contributed by atoms with Gasteiger partial charge < -0.3 is 14.8 Å². The van der Waals surface area contributed by atoms with E-state index in [-0.39, 0.29) is 6.04 Å². The predicted molar refractivity (Wildman–Crippen MR) is 56.6 cm³/mol. The highest BCUT2D eigenvalue weighted by molar-refractivity contribution is 5.72. The molecule has 0 aromatic heterocycles. The van der Waals surface area contributed by atoms with Crippen LogP contribution in [-0.2, 0) is 9.53 Å². The van der Waals surface area contributed by atoms with E-state index >= 15 is 0 Å². The summed E-state index contributed by atoms with van der Waals surface area (Å²) in [6.07, 6.45) is 7.16. The maximum absolute atomic E-state index is 10.9. The van der Waals surface area contributed by atoms with Gasteiger partial charge in [0.15, 0.2) is 0 Å². The van der Waals surface area contributed by atoms with Crippen LogP contribution in [0.5, 0.6) is 0 Å². The summed E-state index contributed by atoms with van der Waals surface area (Å²) in [6.45, 7) is 0. The van der Waals surface area contributed by atoms with Crippen LogP contribution in [0.15, 0.2) is 0 Å². The summed E-state index contributed by atoms with van der Waals surface area (Å²) < 4.78 is 4.46. The van der Waals surface area contributed by atoms with Crippen molar-refractivity contribution in [3.63, 3.8) is 0 Å². The topological polar surface area (TPSA) is 55.4 Å². The number of ether oxygens (including phenoxy) is 1. The molecule has 0 bridgehead atoms. The molecular formula is C11H19NO3. The summed E-state index contributed by atoms with van der Waals surface area (Å²) >= 11 is 0. The molecule has 0 aromatic rings. The maximum atomic E-state index is 10.9. The normalized spacial score (nSPS) is 19.3. The van der Waals surface area contributed by atoms with Gasteiger partial charge in [-0.2, -0.15) is 0 Å². The molecule has 0 heterocycles. The first-order valence-electron chi connectivity index (χ1n) is 5.56. The van der Waals surface area contributed by atoms with Crippen molar-refractivity contribution < 1.29 is 14.3 Å². The van der Waals surface area contributed by atoms with Gasteiger partial charge in [0, 0.05) is 0 Å². The van der Waals surface area contributed by atoms with E-state index in [0.717, 1.165) is 12.7 Å². The highest BCUT2D eigenvalue weighted by Crippen LogP contribution is 2.26. The molecule has 1 amide bonds. The van der Waals surface area contributed by atoms with Crippen molar-refractivity contribution in [1.82, 2.24) is 5.32 Å². The number of amides is 1. The fraction of sp³-hybridized carbons (Fsp3) is 0.818. The smallest absolute Gasteiger partial charge is 0.407 e. The van der Waals surface area contributed by atoms with E-state index in [9.17, 15) is 9.59 Å². The third-order valence-electron chi connectivity index (χ3n) is 2.96. The highest BCUT2D eigenvalue weighted by atomic mass is 16.5. The standard InChI is InChI=1S/C11H19NO3/c1-15-11(14)12-10(8-13)7-9-5-3-2-4-6-9/h8-10H,2-7H2,1H3,(H,12,14)/t10-/m0/s1. The lowest BCUT2D eigenvalue weighted by atomic mass is 9.85. The zero-order chi connectivity index (χ0) is 11.1. The molecule has 1 atom stereocenters. The second-order valence-electron chi connectivity index (χ2n) is 4.12. The van der Waals surface area contributed by atoms with E-state index in [1.54, 1.807) is 0 Å². The van der Waals surface area contributed by atoms with Crippen molar-refractivity contribution in [2.45, 2.75) is 44.6 Å². The van der Waals surface area contributed by atoms with Crippen LogP contribution >= 0.6 is 0 Å². The minimum atomic E-state index is -0.525. The number of nitrogens with one attached hydrogen (secondary N) is 1. The molecule has 0 saturated heterocycles. The Morgan fingerprint density at radius 3 is 2.67 bits per heavy atom. The summed E-state index contributed by atoms with van der Waals surface area (Å²) in [6, 6.07) is -0.388. The number of hydrogen-bond donors (Lipinski definition) is 1. The van der Waals surface area contributed by atoms with E-state index in [2.05, 4.69) is 10.1 Å². The van der Waals surface area contributed by atoms with Crippen molar-refractivity contribution in [3.05, 3.63) is 0 Å². The van der Waals surface area contributed by atoms with Crippen molar-refractivity contribution >= 4 is 12.4 Å². The van der Waals surface area contributed by atoms with Gasteiger partial charge in [-0.1, -0.05) is 32.1 Å². The minimum absolute atomic E-state index is 0.388. The molecule has 1 rings (SSSR count). The Morgan fingerprint density at radius 1 is 1.47 bits per heavy atom. The number of methoxy groups -OCH3 is 1. The molecule has 4 heteroatoms. The Hall–Kier alpha value is -1.06. The van der Waals surface area contributed by atoms with Crippen LogP contribution < -0.4 is 5.32 Å². The Bertz CT molecular complexity index is 212. The van der Waals surface area contributed by atoms with Crippen molar-refractivity contribution in [1.29, 1.82) is 0 Å².